The normalized spacial score (nSPS) is 12.7. The van der Waals surface area contributed by atoms with Crippen molar-refractivity contribution in [1.82, 2.24) is 4.90 Å². The number of nitro groups is 1. The molecule has 0 radical (unpaired) electrons. The highest BCUT2D eigenvalue weighted by Crippen LogP contribution is 2.39. The van der Waals surface area contributed by atoms with E-state index in [9.17, 15) is 15.2 Å². The summed E-state index contributed by atoms with van der Waals surface area (Å²) in [6, 6.07) is 1.47. The number of rotatable bonds is 7. The van der Waals surface area contributed by atoms with Crippen LogP contribution in [0, 0.1) is 10.1 Å². The fourth-order valence-corrected chi connectivity index (χ4v) is 2.78. The zero-order valence-corrected chi connectivity index (χ0v) is 12.6. The minimum absolute atomic E-state index is 0.0771. The second-order valence-corrected chi connectivity index (χ2v) is 5.91. The maximum atomic E-state index is 11.0. The van der Waals surface area contributed by atoms with Gasteiger partial charge in [-0.25, -0.2) is 0 Å². The van der Waals surface area contributed by atoms with Gasteiger partial charge >= 0.3 is 5.69 Å². The van der Waals surface area contributed by atoms with Crippen LogP contribution in [0.3, 0.4) is 0 Å². The predicted molar refractivity (Wildman–Crippen MR) is 78.0 cm³/mol. The SMILES string of the molecule is C[C@@H](O)c1cc([N+](=O)[O-])c(N(C)CCCN(C)C)s1. The Morgan fingerprint density at radius 2 is 2.05 bits per heavy atom. The van der Waals surface area contributed by atoms with Crippen molar-refractivity contribution in [1.29, 1.82) is 0 Å². The van der Waals surface area contributed by atoms with Crippen LogP contribution in [-0.4, -0.2) is 49.2 Å². The molecule has 0 aliphatic heterocycles. The van der Waals surface area contributed by atoms with E-state index in [-0.39, 0.29) is 10.6 Å². The van der Waals surface area contributed by atoms with Crippen LogP contribution >= 0.6 is 11.3 Å². The molecule has 0 saturated carbocycles. The molecule has 0 unspecified atom stereocenters. The Bertz CT molecular complexity index is 432. The molecule has 1 aromatic heterocycles. The van der Waals surface area contributed by atoms with E-state index >= 15 is 0 Å². The summed E-state index contributed by atoms with van der Waals surface area (Å²) in [6.45, 7) is 3.30. The summed E-state index contributed by atoms with van der Waals surface area (Å²) in [5, 5.41) is 21.2. The van der Waals surface area contributed by atoms with E-state index in [4.69, 9.17) is 0 Å². The molecule has 1 heterocycles. The molecule has 108 valence electrons. The van der Waals surface area contributed by atoms with Crippen molar-refractivity contribution in [3.05, 3.63) is 21.1 Å². The summed E-state index contributed by atoms with van der Waals surface area (Å²) in [5.74, 6) is 0. The molecule has 0 spiro atoms. The minimum atomic E-state index is -0.673. The summed E-state index contributed by atoms with van der Waals surface area (Å²) in [5.41, 5.74) is 0.0771. The summed E-state index contributed by atoms with van der Waals surface area (Å²) in [7, 11) is 5.85. The third-order valence-corrected chi connectivity index (χ3v) is 4.18. The van der Waals surface area contributed by atoms with Crippen LogP contribution in [0.15, 0.2) is 6.07 Å². The molecule has 0 bridgehead atoms. The van der Waals surface area contributed by atoms with Crippen LogP contribution in [0.25, 0.3) is 0 Å². The lowest BCUT2D eigenvalue weighted by molar-refractivity contribution is -0.383. The van der Waals surface area contributed by atoms with E-state index in [0.717, 1.165) is 19.5 Å². The van der Waals surface area contributed by atoms with E-state index in [1.54, 1.807) is 6.92 Å². The maximum absolute atomic E-state index is 11.0. The third-order valence-electron chi connectivity index (χ3n) is 2.77. The topological polar surface area (TPSA) is 69.8 Å². The zero-order valence-electron chi connectivity index (χ0n) is 11.8. The van der Waals surface area contributed by atoms with E-state index < -0.39 is 6.10 Å². The van der Waals surface area contributed by atoms with Crippen molar-refractivity contribution in [2.24, 2.45) is 0 Å². The molecule has 0 saturated heterocycles. The molecule has 0 aliphatic carbocycles. The van der Waals surface area contributed by atoms with Crippen LogP contribution in [0.1, 0.15) is 24.3 Å². The lowest BCUT2D eigenvalue weighted by atomic mass is 10.3. The van der Waals surface area contributed by atoms with E-state index in [2.05, 4.69) is 4.90 Å². The van der Waals surface area contributed by atoms with Crippen LogP contribution in [-0.2, 0) is 0 Å². The Balaban J connectivity index is 2.82. The van der Waals surface area contributed by atoms with Gasteiger partial charge in [0, 0.05) is 24.5 Å². The maximum Gasteiger partial charge on any atom is 0.304 e. The van der Waals surface area contributed by atoms with E-state index in [1.165, 1.54) is 17.4 Å². The standard InChI is InChI=1S/C12H21N3O3S/c1-9(16)11-8-10(15(17)18)12(19-11)14(4)7-5-6-13(2)3/h8-9,16H,5-7H2,1-4H3/t9-/m1/s1. The van der Waals surface area contributed by atoms with Crippen molar-refractivity contribution >= 4 is 22.0 Å². The largest absolute Gasteiger partial charge is 0.388 e. The number of thiophene rings is 1. The molecule has 0 aromatic carbocycles. The van der Waals surface area contributed by atoms with Crippen molar-refractivity contribution in [3.8, 4) is 0 Å². The first kappa shape index (κ1) is 15.9. The monoisotopic (exact) mass is 287 g/mol. The summed E-state index contributed by atoms with van der Waals surface area (Å²) in [6.07, 6.45) is 0.260. The molecule has 0 fully saturated rings. The molecule has 0 amide bonds. The average molecular weight is 287 g/mol. The van der Waals surface area contributed by atoms with Crippen LogP contribution < -0.4 is 4.90 Å². The van der Waals surface area contributed by atoms with Crippen molar-refractivity contribution in [2.75, 3.05) is 39.1 Å². The highest BCUT2D eigenvalue weighted by atomic mass is 32.1. The Kier molecular flexibility index (Phi) is 5.71. The molecule has 1 N–H and O–H groups in total. The Labute approximate surface area is 117 Å². The van der Waals surface area contributed by atoms with E-state index in [1.807, 2.05) is 26.0 Å². The smallest absolute Gasteiger partial charge is 0.304 e. The first-order chi connectivity index (χ1) is 8.82. The molecule has 1 aromatic rings. The van der Waals surface area contributed by atoms with Gasteiger partial charge in [-0.1, -0.05) is 0 Å². The second kappa shape index (κ2) is 6.83. The fraction of sp³-hybridized carbons (Fsp3) is 0.667. The zero-order chi connectivity index (χ0) is 14.6. The average Bonchev–Trinajstić information content (AvgIpc) is 2.73. The van der Waals surface area contributed by atoms with Gasteiger partial charge in [0.15, 0.2) is 5.00 Å². The second-order valence-electron chi connectivity index (χ2n) is 4.85. The van der Waals surface area contributed by atoms with E-state index in [0.29, 0.717) is 9.88 Å². The number of nitrogens with zero attached hydrogens (tertiary/aromatic N) is 3. The number of hydrogen-bond donors (Lipinski definition) is 1. The molecule has 1 atom stereocenters. The lowest BCUT2D eigenvalue weighted by Gasteiger charge is -2.18. The molecular formula is C12H21N3O3S. The summed E-state index contributed by atoms with van der Waals surface area (Å²) >= 11 is 1.28. The molecule has 19 heavy (non-hydrogen) atoms. The number of aliphatic hydroxyl groups is 1. The van der Waals surface area contributed by atoms with Gasteiger partial charge in [-0.15, -0.1) is 11.3 Å². The van der Waals surface area contributed by atoms with Gasteiger partial charge in [0.05, 0.1) is 11.0 Å². The van der Waals surface area contributed by atoms with Crippen molar-refractivity contribution in [3.63, 3.8) is 0 Å². The van der Waals surface area contributed by atoms with Crippen molar-refractivity contribution < 1.29 is 10.0 Å². The fourth-order valence-electron chi connectivity index (χ4n) is 1.73. The minimum Gasteiger partial charge on any atom is -0.388 e. The summed E-state index contributed by atoms with van der Waals surface area (Å²) < 4.78 is 0. The number of hydrogen-bond acceptors (Lipinski definition) is 6. The quantitative estimate of drug-likeness (QED) is 0.614. The van der Waals surface area contributed by atoms with Crippen molar-refractivity contribution in [2.45, 2.75) is 19.4 Å². The lowest BCUT2D eigenvalue weighted by Crippen LogP contribution is -2.23. The van der Waals surface area contributed by atoms with Gasteiger partial charge in [0.1, 0.15) is 0 Å². The predicted octanol–water partition coefficient (Wildman–Crippen LogP) is 2.10. The van der Waals surface area contributed by atoms with Crippen LogP contribution in [0.2, 0.25) is 0 Å². The third kappa shape index (κ3) is 4.45. The van der Waals surface area contributed by atoms with Gasteiger partial charge in [0.2, 0.25) is 0 Å². The van der Waals surface area contributed by atoms with Gasteiger partial charge in [-0.05, 0) is 34.0 Å². The number of anilines is 1. The van der Waals surface area contributed by atoms with Gasteiger partial charge in [-0.3, -0.25) is 10.1 Å². The Morgan fingerprint density at radius 3 is 2.53 bits per heavy atom. The molecule has 6 nitrogen and oxygen atoms in total. The summed E-state index contributed by atoms with van der Waals surface area (Å²) in [4.78, 5) is 15.2. The van der Waals surface area contributed by atoms with Gasteiger partial charge in [-0.2, -0.15) is 0 Å². The Hall–Kier alpha value is -1.18. The van der Waals surface area contributed by atoms with Gasteiger partial charge in [0.25, 0.3) is 0 Å². The number of aliphatic hydroxyl groups excluding tert-OH is 1. The van der Waals surface area contributed by atoms with Crippen LogP contribution in [0.4, 0.5) is 10.7 Å². The molecule has 0 aliphatic rings. The first-order valence-corrected chi connectivity index (χ1v) is 6.96. The Morgan fingerprint density at radius 1 is 1.42 bits per heavy atom. The first-order valence-electron chi connectivity index (χ1n) is 6.15. The molecule has 7 heteroatoms. The highest BCUT2D eigenvalue weighted by molar-refractivity contribution is 7.16. The van der Waals surface area contributed by atoms with Crippen LogP contribution in [0.5, 0.6) is 0 Å². The highest BCUT2D eigenvalue weighted by Gasteiger charge is 2.23. The van der Waals surface area contributed by atoms with Gasteiger partial charge < -0.3 is 14.9 Å². The molecule has 1 rings (SSSR count). The molecular weight excluding hydrogens is 266 g/mol.